The number of hydrogen-bond acceptors (Lipinski definition) is 3. The number of aromatic nitrogens is 4. The Bertz CT molecular complexity index is 734. The van der Waals surface area contributed by atoms with Crippen LogP contribution in [0.15, 0.2) is 10.7 Å². The molecule has 2 aromatic heterocycles. The predicted molar refractivity (Wildman–Crippen MR) is 97.8 cm³/mol. The first-order chi connectivity index (χ1) is 11.3. The summed E-state index contributed by atoms with van der Waals surface area (Å²) in [6.45, 7) is 13.4. The first kappa shape index (κ1) is 18.7. The monoisotopic (exact) mass is 395 g/mol. The number of aryl methyl sites for hydroxylation is 2. The van der Waals surface area contributed by atoms with E-state index in [9.17, 15) is 4.79 Å². The summed E-state index contributed by atoms with van der Waals surface area (Å²) < 4.78 is 4.83. The zero-order valence-electron chi connectivity index (χ0n) is 15.2. The Morgan fingerprint density at radius 2 is 1.92 bits per heavy atom. The van der Waals surface area contributed by atoms with Crippen LogP contribution in [-0.2, 0) is 17.9 Å². The third kappa shape index (κ3) is 3.71. The van der Waals surface area contributed by atoms with E-state index in [4.69, 9.17) is 0 Å². The molecule has 0 radical (unpaired) electrons. The van der Waals surface area contributed by atoms with E-state index >= 15 is 0 Å². The minimum absolute atomic E-state index is 0.0230. The van der Waals surface area contributed by atoms with Crippen molar-refractivity contribution < 1.29 is 4.79 Å². The first-order valence-corrected chi connectivity index (χ1v) is 9.07. The molecule has 132 valence electrons. The van der Waals surface area contributed by atoms with Gasteiger partial charge in [-0.2, -0.15) is 10.2 Å². The normalized spacial score (nSPS) is 13.8. The number of rotatable bonds is 6. The molecule has 7 heteroatoms. The molecule has 0 bridgehead atoms. The summed E-state index contributed by atoms with van der Waals surface area (Å²) in [5.74, 6) is -0.145. The van der Waals surface area contributed by atoms with Gasteiger partial charge in [0.1, 0.15) is 0 Å². The van der Waals surface area contributed by atoms with Crippen LogP contribution in [0.5, 0.6) is 0 Å². The number of hydrogen-bond donors (Lipinski definition) is 1. The van der Waals surface area contributed by atoms with Gasteiger partial charge in [0.05, 0.1) is 34.9 Å². The summed E-state index contributed by atoms with van der Waals surface area (Å²) in [7, 11) is 0. The zero-order chi connectivity index (χ0) is 18.0. The van der Waals surface area contributed by atoms with Crippen molar-refractivity contribution in [3.8, 4) is 0 Å². The molecule has 0 aliphatic rings. The topological polar surface area (TPSA) is 64.7 Å². The van der Waals surface area contributed by atoms with Crippen LogP contribution in [0.1, 0.15) is 49.5 Å². The molecular weight excluding hydrogens is 370 g/mol. The van der Waals surface area contributed by atoms with Gasteiger partial charge in [-0.05, 0) is 50.5 Å². The van der Waals surface area contributed by atoms with Crippen LogP contribution in [-0.4, -0.2) is 25.5 Å². The molecule has 0 saturated heterocycles. The molecule has 2 unspecified atom stereocenters. The Hall–Kier alpha value is -1.63. The lowest BCUT2D eigenvalue weighted by Crippen LogP contribution is -2.34. The molecule has 0 spiro atoms. The Morgan fingerprint density at radius 3 is 2.42 bits per heavy atom. The molecular formula is C17H26BrN5O. The molecule has 0 aromatic carbocycles. The molecule has 2 atom stereocenters. The third-order valence-electron chi connectivity index (χ3n) is 4.45. The highest BCUT2D eigenvalue weighted by Crippen LogP contribution is 2.21. The number of amides is 1. The summed E-state index contributed by atoms with van der Waals surface area (Å²) in [6.07, 6.45) is 1.84. The van der Waals surface area contributed by atoms with E-state index in [1.807, 2.05) is 50.2 Å². The second-order valence-corrected chi connectivity index (χ2v) is 7.09. The van der Waals surface area contributed by atoms with Gasteiger partial charge in [-0.3, -0.25) is 14.2 Å². The minimum Gasteiger partial charge on any atom is -0.349 e. The van der Waals surface area contributed by atoms with E-state index in [0.717, 1.165) is 33.7 Å². The summed E-state index contributed by atoms with van der Waals surface area (Å²) in [6, 6.07) is -0.0626. The maximum absolute atomic E-state index is 12.5. The second-order valence-electron chi connectivity index (χ2n) is 6.30. The van der Waals surface area contributed by atoms with Crippen LogP contribution in [0, 0.1) is 26.7 Å². The average Bonchev–Trinajstić information content (AvgIpc) is 3.02. The van der Waals surface area contributed by atoms with Crippen molar-refractivity contribution in [1.82, 2.24) is 24.9 Å². The van der Waals surface area contributed by atoms with Crippen molar-refractivity contribution in [3.05, 3.63) is 33.3 Å². The van der Waals surface area contributed by atoms with Gasteiger partial charge in [-0.1, -0.05) is 6.92 Å². The zero-order valence-corrected chi connectivity index (χ0v) is 16.8. The Balaban J connectivity index is 2.02. The summed E-state index contributed by atoms with van der Waals surface area (Å²) in [5, 5.41) is 11.9. The first-order valence-electron chi connectivity index (χ1n) is 8.28. The number of nitrogens with one attached hydrogen (secondary N) is 1. The Kier molecular flexibility index (Phi) is 5.85. The number of carbonyl (C=O) groups excluding carboxylic acids is 1. The van der Waals surface area contributed by atoms with E-state index in [1.54, 1.807) is 0 Å². The quantitative estimate of drug-likeness (QED) is 0.815. The predicted octanol–water partition coefficient (Wildman–Crippen LogP) is 3.30. The van der Waals surface area contributed by atoms with E-state index < -0.39 is 0 Å². The Labute approximate surface area is 151 Å². The smallest absolute Gasteiger partial charge is 0.225 e. The summed E-state index contributed by atoms with van der Waals surface area (Å²) in [5.41, 5.74) is 4.14. The summed E-state index contributed by atoms with van der Waals surface area (Å²) >= 11 is 3.52. The fraction of sp³-hybridized carbons (Fsp3) is 0.588. The molecule has 0 aliphatic carbocycles. The standard InChI is InChI=1S/C17H26BrN5O/c1-7-22-13(5)15(8-19-22)11(3)20-17(24)10(2)9-23-14(6)16(18)12(4)21-23/h8,10-11H,7,9H2,1-6H3,(H,20,24). The van der Waals surface area contributed by atoms with E-state index in [0.29, 0.717) is 6.54 Å². The van der Waals surface area contributed by atoms with E-state index in [-0.39, 0.29) is 17.9 Å². The summed E-state index contributed by atoms with van der Waals surface area (Å²) in [4.78, 5) is 12.5. The van der Waals surface area contributed by atoms with Crippen LogP contribution < -0.4 is 5.32 Å². The van der Waals surface area contributed by atoms with E-state index in [2.05, 4.69) is 38.4 Å². The van der Waals surface area contributed by atoms with Crippen molar-refractivity contribution in [2.24, 2.45) is 5.92 Å². The van der Waals surface area contributed by atoms with Crippen molar-refractivity contribution in [2.75, 3.05) is 0 Å². The Morgan fingerprint density at radius 1 is 1.25 bits per heavy atom. The maximum atomic E-state index is 12.5. The third-order valence-corrected chi connectivity index (χ3v) is 5.60. The van der Waals surface area contributed by atoms with Crippen LogP contribution in [0.4, 0.5) is 0 Å². The van der Waals surface area contributed by atoms with Crippen LogP contribution in [0.3, 0.4) is 0 Å². The molecule has 0 aliphatic heterocycles. The molecule has 0 fully saturated rings. The molecule has 1 amide bonds. The molecule has 2 aromatic rings. The van der Waals surface area contributed by atoms with Crippen molar-refractivity contribution in [3.63, 3.8) is 0 Å². The van der Waals surface area contributed by atoms with Crippen LogP contribution >= 0.6 is 15.9 Å². The van der Waals surface area contributed by atoms with Gasteiger partial charge in [0.2, 0.25) is 5.91 Å². The molecule has 0 saturated carbocycles. The van der Waals surface area contributed by atoms with Gasteiger partial charge in [-0.15, -0.1) is 0 Å². The number of halogens is 1. The van der Waals surface area contributed by atoms with Crippen LogP contribution in [0.2, 0.25) is 0 Å². The largest absolute Gasteiger partial charge is 0.349 e. The lowest BCUT2D eigenvalue weighted by molar-refractivity contribution is -0.125. The highest BCUT2D eigenvalue weighted by atomic mass is 79.9. The average molecular weight is 396 g/mol. The van der Waals surface area contributed by atoms with Crippen LogP contribution in [0.25, 0.3) is 0 Å². The molecule has 24 heavy (non-hydrogen) atoms. The lowest BCUT2D eigenvalue weighted by atomic mass is 10.1. The van der Waals surface area contributed by atoms with Gasteiger partial charge >= 0.3 is 0 Å². The molecule has 1 N–H and O–H groups in total. The van der Waals surface area contributed by atoms with E-state index in [1.165, 1.54) is 0 Å². The van der Waals surface area contributed by atoms with Crippen molar-refractivity contribution in [1.29, 1.82) is 0 Å². The SMILES string of the molecule is CCn1ncc(C(C)NC(=O)C(C)Cn2nc(C)c(Br)c2C)c1C. The molecule has 6 nitrogen and oxygen atoms in total. The van der Waals surface area contributed by atoms with Gasteiger partial charge in [0.15, 0.2) is 0 Å². The molecule has 2 rings (SSSR count). The van der Waals surface area contributed by atoms with Gasteiger partial charge < -0.3 is 5.32 Å². The highest BCUT2D eigenvalue weighted by Gasteiger charge is 2.21. The second kappa shape index (κ2) is 7.51. The van der Waals surface area contributed by atoms with Crippen molar-refractivity contribution in [2.45, 2.75) is 60.7 Å². The van der Waals surface area contributed by atoms with Gasteiger partial charge in [0.25, 0.3) is 0 Å². The van der Waals surface area contributed by atoms with Gasteiger partial charge in [0, 0.05) is 23.5 Å². The minimum atomic E-state index is -0.168. The highest BCUT2D eigenvalue weighted by molar-refractivity contribution is 9.10. The maximum Gasteiger partial charge on any atom is 0.225 e. The fourth-order valence-electron chi connectivity index (χ4n) is 2.83. The number of nitrogens with zero attached hydrogens (tertiary/aromatic N) is 4. The molecule has 2 heterocycles. The van der Waals surface area contributed by atoms with Crippen molar-refractivity contribution >= 4 is 21.8 Å². The fourth-order valence-corrected chi connectivity index (χ4v) is 3.12. The number of carbonyl (C=O) groups is 1. The van der Waals surface area contributed by atoms with Gasteiger partial charge in [-0.25, -0.2) is 0 Å². The lowest BCUT2D eigenvalue weighted by Gasteiger charge is -2.18.